The SMILES string of the molecule is CC(C)CC(C)OC(=O)NC(Cc1ccccc1)C(O)C(N)=O. The van der Waals surface area contributed by atoms with Crippen molar-refractivity contribution in [3.05, 3.63) is 35.9 Å². The third kappa shape index (κ3) is 7.15. The number of aliphatic hydroxyl groups is 1. The van der Waals surface area contributed by atoms with Crippen molar-refractivity contribution >= 4 is 12.0 Å². The minimum atomic E-state index is -1.48. The minimum absolute atomic E-state index is 0.252. The first-order valence-electron chi connectivity index (χ1n) is 7.78. The Morgan fingerprint density at radius 1 is 1.22 bits per heavy atom. The van der Waals surface area contributed by atoms with Gasteiger partial charge in [0, 0.05) is 0 Å². The zero-order valence-corrected chi connectivity index (χ0v) is 13.9. The van der Waals surface area contributed by atoms with Crippen molar-refractivity contribution in [1.29, 1.82) is 0 Å². The van der Waals surface area contributed by atoms with Gasteiger partial charge in [-0.25, -0.2) is 4.79 Å². The second-order valence-electron chi connectivity index (χ2n) is 6.13. The molecule has 0 aliphatic rings. The van der Waals surface area contributed by atoms with Crippen LogP contribution in [0.5, 0.6) is 0 Å². The van der Waals surface area contributed by atoms with Crippen LogP contribution < -0.4 is 11.1 Å². The van der Waals surface area contributed by atoms with Crippen LogP contribution >= 0.6 is 0 Å². The molecule has 1 rings (SSSR count). The molecular weight excluding hydrogens is 296 g/mol. The lowest BCUT2D eigenvalue weighted by molar-refractivity contribution is -0.127. The van der Waals surface area contributed by atoms with Crippen LogP contribution in [-0.2, 0) is 16.0 Å². The summed E-state index contributed by atoms with van der Waals surface area (Å²) in [4.78, 5) is 23.2. The lowest BCUT2D eigenvalue weighted by Crippen LogP contribution is -2.50. The van der Waals surface area contributed by atoms with Crippen LogP contribution in [0.25, 0.3) is 0 Å². The van der Waals surface area contributed by atoms with Gasteiger partial charge >= 0.3 is 6.09 Å². The summed E-state index contributed by atoms with van der Waals surface area (Å²) in [5.41, 5.74) is 6.02. The van der Waals surface area contributed by atoms with Crippen molar-refractivity contribution in [3.63, 3.8) is 0 Å². The van der Waals surface area contributed by atoms with Crippen LogP contribution in [0.3, 0.4) is 0 Å². The number of benzene rings is 1. The van der Waals surface area contributed by atoms with Crippen LogP contribution in [0.4, 0.5) is 4.79 Å². The van der Waals surface area contributed by atoms with Crippen LogP contribution in [0.15, 0.2) is 30.3 Å². The highest BCUT2D eigenvalue weighted by atomic mass is 16.6. The van der Waals surface area contributed by atoms with E-state index >= 15 is 0 Å². The number of aliphatic hydroxyl groups excluding tert-OH is 1. The van der Waals surface area contributed by atoms with Crippen molar-refractivity contribution in [3.8, 4) is 0 Å². The number of carbonyl (C=O) groups is 2. The van der Waals surface area contributed by atoms with Gasteiger partial charge in [-0.3, -0.25) is 4.79 Å². The summed E-state index contributed by atoms with van der Waals surface area (Å²) in [7, 11) is 0. The minimum Gasteiger partial charge on any atom is -0.447 e. The number of carbonyl (C=O) groups excluding carboxylic acids is 2. The summed E-state index contributed by atoms with van der Waals surface area (Å²) < 4.78 is 5.25. The van der Waals surface area contributed by atoms with Gasteiger partial charge in [-0.1, -0.05) is 44.2 Å². The van der Waals surface area contributed by atoms with E-state index in [1.54, 1.807) is 6.92 Å². The number of amides is 2. The zero-order chi connectivity index (χ0) is 17.4. The van der Waals surface area contributed by atoms with Crippen molar-refractivity contribution in [2.24, 2.45) is 11.7 Å². The first-order chi connectivity index (χ1) is 10.8. The fraction of sp³-hybridized carbons (Fsp3) is 0.529. The molecule has 4 N–H and O–H groups in total. The highest BCUT2D eigenvalue weighted by Crippen LogP contribution is 2.10. The number of hydrogen-bond donors (Lipinski definition) is 3. The van der Waals surface area contributed by atoms with E-state index in [1.165, 1.54) is 0 Å². The van der Waals surface area contributed by atoms with Gasteiger partial charge in [0.2, 0.25) is 5.91 Å². The maximum atomic E-state index is 12.0. The largest absolute Gasteiger partial charge is 0.447 e. The summed E-state index contributed by atoms with van der Waals surface area (Å²) in [5.74, 6) is -0.490. The standard InChI is InChI=1S/C17H26N2O4/c1-11(2)9-12(3)23-17(22)19-14(15(20)16(18)21)10-13-7-5-4-6-8-13/h4-8,11-12,14-15,20H,9-10H2,1-3H3,(H2,18,21)(H,19,22). The number of rotatable bonds is 8. The van der Waals surface area contributed by atoms with Gasteiger partial charge in [-0.15, -0.1) is 0 Å². The number of hydrogen-bond acceptors (Lipinski definition) is 4. The van der Waals surface area contributed by atoms with Crippen LogP contribution in [-0.4, -0.2) is 35.4 Å². The van der Waals surface area contributed by atoms with E-state index < -0.39 is 24.1 Å². The predicted molar refractivity (Wildman–Crippen MR) is 87.7 cm³/mol. The number of primary amides is 1. The molecule has 23 heavy (non-hydrogen) atoms. The Morgan fingerprint density at radius 2 is 1.83 bits per heavy atom. The van der Waals surface area contributed by atoms with E-state index in [-0.39, 0.29) is 12.5 Å². The average molecular weight is 322 g/mol. The molecule has 0 aliphatic carbocycles. The van der Waals surface area contributed by atoms with Crippen LogP contribution in [0, 0.1) is 5.92 Å². The van der Waals surface area contributed by atoms with E-state index in [4.69, 9.17) is 10.5 Å². The molecule has 0 saturated carbocycles. The molecule has 0 bridgehead atoms. The number of nitrogens with two attached hydrogens (primary N) is 1. The molecule has 0 saturated heterocycles. The second kappa shape index (κ2) is 9.15. The van der Waals surface area contributed by atoms with Crippen molar-refractivity contribution in [2.75, 3.05) is 0 Å². The fourth-order valence-electron chi connectivity index (χ4n) is 2.39. The molecule has 0 spiro atoms. The molecule has 128 valence electrons. The molecule has 1 aromatic rings. The lowest BCUT2D eigenvalue weighted by Gasteiger charge is -2.23. The summed E-state index contributed by atoms with van der Waals surface area (Å²) >= 11 is 0. The Bertz CT molecular complexity index is 505. The molecule has 0 aliphatic heterocycles. The number of ether oxygens (including phenoxy) is 1. The molecule has 0 aromatic heterocycles. The molecular formula is C17H26N2O4. The quantitative estimate of drug-likeness (QED) is 0.676. The summed E-state index contributed by atoms with van der Waals surface area (Å²) in [6, 6.07) is 8.38. The van der Waals surface area contributed by atoms with Crippen molar-refractivity contribution < 1.29 is 19.4 Å². The summed E-state index contributed by atoms with van der Waals surface area (Å²) in [6.45, 7) is 5.87. The molecule has 3 unspecified atom stereocenters. The van der Waals surface area contributed by atoms with Gasteiger partial charge in [0.05, 0.1) is 6.04 Å². The molecule has 2 amide bonds. The van der Waals surface area contributed by atoms with Crippen molar-refractivity contribution in [2.45, 2.75) is 51.9 Å². The molecule has 3 atom stereocenters. The van der Waals surface area contributed by atoms with Gasteiger partial charge < -0.3 is 20.9 Å². The van der Waals surface area contributed by atoms with Gasteiger partial charge in [0.25, 0.3) is 0 Å². The topological polar surface area (TPSA) is 102 Å². The Morgan fingerprint density at radius 3 is 2.35 bits per heavy atom. The molecule has 0 heterocycles. The zero-order valence-electron chi connectivity index (χ0n) is 13.9. The maximum absolute atomic E-state index is 12.0. The second-order valence-corrected chi connectivity index (χ2v) is 6.13. The van der Waals surface area contributed by atoms with E-state index in [0.29, 0.717) is 5.92 Å². The van der Waals surface area contributed by atoms with E-state index in [0.717, 1.165) is 12.0 Å². The smallest absolute Gasteiger partial charge is 0.407 e. The third-order valence-corrected chi connectivity index (χ3v) is 3.39. The molecule has 0 fully saturated rings. The monoisotopic (exact) mass is 322 g/mol. The number of alkyl carbamates (subject to hydrolysis) is 1. The average Bonchev–Trinajstić information content (AvgIpc) is 2.45. The molecule has 6 heteroatoms. The Hall–Kier alpha value is -2.08. The van der Waals surface area contributed by atoms with E-state index in [1.807, 2.05) is 44.2 Å². The normalized spacial score (nSPS) is 14.8. The van der Waals surface area contributed by atoms with Crippen LogP contribution in [0.2, 0.25) is 0 Å². The third-order valence-electron chi connectivity index (χ3n) is 3.39. The molecule has 6 nitrogen and oxygen atoms in total. The summed E-state index contributed by atoms with van der Waals surface area (Å²) in [5, 5.41) is 12.5. The van der Waals surface area contributed by atoms with Gasteiger partial charge in [-0.2, -0.15) is 0 Å². The van der Waals surface area contributed by atoms with E-state index in [2.05, 4.69) is 5.32 Å². The maximum Gasteiger partial charge on any atom is 0.407 e. The Kier molecular flexibility index (Phi) is 7.54. The Balaban J connectivity index is 2.69. The Labute approximate surface area is 137 Å². The highest BCUT2D eigenvalue weighted by Gasteiger charge is 2.27. The van der Waals surface area contributed by atoms with Gasteiger partial charge in [0.1, 0.15) is 6.10 Å². The highest BCUT2D eigenvalue weighted by molar-refractivity contribution is 5.80. The first kappa shape index (κ1) is 19.0. The first-order valence-corrected chi connectivity index (χ1v) is 7.78. The molecule has 0 radical (unpaired) electrons. The molecule has 1 aromatic carbocycles. The number of nitrogens with one attached hydrogen (secondary N) is 1. The van der Waals surface area contributed by atoms with Gasteiger partial charge in [-0.05, 0) is 31.2 Å². The summed E-state index contributed by atoms with van der Waals surface area (Å²) in [6.07, 6.45) is -1.39. The van der Waals surface area contributed by atoms with Gasteiger partial charge in [0.15, 0.2) is 6.10 Å². The fourth-order valence-corrected chi connectivity index (χ4v) is 2.39. The predicted octanol–water partition coefficient (Wildman–Crippen LogP) is 1.60. The van der Waals surface area contributed by atoms with E-state index in [9.17, 15) is 14.7 Å². The van der Waals surface area contributed by atoms with Crippen LogP contribution in [0.1, 0.15) is 32.8 Å². The lowest BCUT2D eigenvalue weighted by atomic mass is 10.0. The van der Waals surface area contributed by atoms with Crippen molar-refractivity contribution in [1.82, 2.24) is 5.32 Å².